The van der Waals surface area contributed by atoms with Gasteiger partial charge in [0.2, 0.25) is 10.0 Å². The molecule has 4 N–H and O–H groups in total. The smallest absolute Gasteiger partial charge is 0.352 e. The van der Waals surface area contributed by atoms with Gasteiger partial charge in [0.25, 0.3) is 5.91 Å². The summed E-state index contributed by atoms with van der Waals surface area (Å²) < 4.78 is 28.2. The second-order valence-corrected chi connectivity index (χ2v) is 7.52. The summed E-state index contributed by atoms with van der Waals surface area (Å²) in [5, 5.41) is 16.8. The first kappa shape index (κ1) is 20.1. The molecule has 8 nitrogen and oxygen atoms in total. The van der Waals surface area contributed by atoms with E-state index in [4.69, 9.17) is 9.56 Å². The van der Waals surface area contributed by atoms with Crippen molar-refractivity contribution in [3.8, 4) is 11.3 Å². The van der Waals surface area contributed by atoms with Gasteiger partial charge in [0.15, 0.2) is 0 Å². The van der Waals surface area contributed by atoms with Crippen LogP contribution in [0.1, 0.15) is 16.1 Å². The first-order valence-corrected chi connectivity index (χ1v) is 9.83. The molecule has 1 aromatic heterocycles. The van der Waals surface area contributed by atoms with E-state index >= 15 is 0 Å². The number of hydrogen-bond acceptors (Lipinski definition) is 5. The largest absolute Gasteiger partial charge is 0.477 e. The molecule has 148 valence electrons. The Morgan fingerprint density at radius 1 is 0.966 bits per heavy atom. The second kappa shape index (κ2) is 8.13. The highest BCUT2D eigenvalue weighted by atomic mass is 32.2. The van der Waals surface area contributed by atoms with Crippen molar-refractivity contribution >= 4 is 28.0 Å². The lowest BCUT2D eigenvalue weighted by Crippen LogP contribution is -2.27. The van der Waals surface area contributed by atoms with Crippen molar-refractivity contribution in [2.75, 3.05) is 0 Å². The fraction of sp³-hybridized carbons (Fsp3) is 0. The Balaban J connectivity index is 1.83. The number of carbonyl (C=O) groups excluding carboxylic acids is 1. The van der Waals surface area contributed by atoms with E-state index in [1.807, 2.05) is 0 Å². The number of furan rings is 1. The van der Waals surface area contributed by atoms with Gasteiger partial charge >= 0.3 is 5.97 Å². The molecule has 1 heterocycles. The van der Waals surface area contributed by atoms with E-state index in [2.05, 4.69) is 5.32 Å². The number of hydrogen-bond donors (Lipinski definition) is 3. The lowest BCUT2D eigenvalue weighted by Gasteiger charge is -2.05. The summed E-state index contributed by atoms with van der Waals surface area (Å²) in [4.78, 5) is 23.6. The molecule has 0 aliphatic carbocycles. The van der Waals surface area contributed by atoms with Gasteiger partial charge in [-0.1, -0.05) is 18.2 Å². The molecular weight excluding hydrogens is 396 g/mol. The molecule has 0 aliphatic heterocycles. The average Bonchev–Trinajstić information content (AvgIpc) is 3.16. The predicted molar refractivity (Wildman–Crippen MR) is 105 cm³/mol. The SMILES string of the molecule is NS(=O)(=O)c1ccc(-c2ccc(/C=C(\NC(=O)c3ccccc3)C(=O)O)o2)cc1. The number of carbonyl (C=O) groups is 2. The summed E-state index contributed by atoms with van der Waals surface area (Å²) in [7, 11) is -3.80. The van der Waals surface area contributed by atoms with Crippen LogP contribution in [0, 0.1) is 0 Å². The molecule has 3 rings (SSSR count). The third-order valence-electron chi connectivity index (χ3n) is 3.90. The van der Waals surface area contributed by atoms with Crippen LogP contribution in [0.3, 0.4) is 0 Å². The van der Waals surface area contributed by atoms with Crippen molar-refractivity contribution in [2.24, 2.45) is 5.14 Å². The Morgan fingerprint density at radius 2 is 1.62 bits per heavy atom. The van der Waals surface area contributed by atoms with Gasteiger partial charge in [-0.3, -0.25) is 4.79 Å². The van der Waals surface area contributed by atoms with Crippen molar-refractivity contribution in [1.29, 1.82) is 0 Å². The molecule has 0 aliphatic rings. The summed E-state index contributed by atoms with van der Waals surface area (Å²) in [5.41, 5.74) is 0.529. The zero-order valence-electron chi connectivity index (χ0n) is 14.9. The Kier molecular flexibility index (Phi) is 5.62. The Morgan fingerprint density at radius 3 is 2.21 bits per heavy atom. The summed E-state index contributed by atoms with van der Waals surface area (Å²) in [6, 6.07) is 17.0. The highest BCUT2D eigenvalue weighted by Gasteiger charge is 2.15. The molecule has 0 saturated heterocycles. The van der Waals surface area contributed by atoms with Crippen molar-refractivity contribution in [3.05, 3.63) is 83.8 Å². The Bertz CT molecular complexity index is 1180. The van der Waals surface area contributed by atoms with E-state index in [0.717, 1.165) is 0 Å². The van der Waals surface area contributed by atoms with Crippen LogP contribution in [-0.2, 0) is 14.8 Å². The zero-order valence-corrected chi connectivity index (χ0v) is 15.7. The molecule has 9 heteroatoms. The van der Waals surface area contributed by atoms with Crippen LogP contribution in [0.2, 0.25) is 0 Å². The molecule has 2 aromatic carbocycles. The average molecular weight is 412 g/mol. The minimum Gasteiger partial charge on any atom is -0.477 e. The topological polar surface area (TPSA) is 140 Å². The number of aliphatic carboxylic acids is 1. The maximum Gasteiger partial charge on any atom is 0.352 e. The van der Waals surface area contributed by atoms with Crippen molar-refractivity contribution in [2.45, 2.75) is 4.90 Å². The Labute approximate surface area is 166 Å². The van der Waals surface area contributed by atoms with E-state index < -0.39 is 21.9 Å². The molecule has 0 fully saturated rings. The van der Waals surface area contributed by atoms with Gasteiger partial charge in [0.05, 0.1) is 4.90 Å². The van der Waals surface area contributed by atoms with Crippen LogP contribution in [0.25, 0.3) is 17.4 Å². The minimum absolute atomic E-state index is 0.0373. The number of nitrogens with one attached hydrogen (secondary N) is 1. The normalized spacial score (nSPS) is 11.8. The number of carboxylic acid groups (broad SMARTS) is 1. The number of primary sulfonamides is 1. The summed E-state index contributed by atoms with van der Waals surface area (Å²) in [6.07, 6.45) is 1.19. The monoisotopic (exact) mass is 412 g/mol. The van der Waals surface area contributed by atoms with Crippen LogP contribution in [0.15, 0.2) is 81.7 Å². The predicted octanol–water partition coefficient (Wildman–Crippen LogP) is 2.45. The molecule has 0 atom stereocenters. The molecule has 0 spiro atoms. The molecule has 0 unspecified atom stereocenters. The van der Waals surface area contributed by atoms with E-state index in [1.54, 1.807) is 36.4 Å². The number of benzene rings is 2. The van der Waals surface area contributed by atoms with Crippen LogP contribution in [0.4, 0.5) is 0 Å². The summed E-state index contributed by atoms with van der Waals surface area (Å²) >= 11 is 0. The van der Waals surface area contributed by atoms with Crippen LogP contribution in [0.5, 0.6) is 0 Å². The maximum absolute atomic E-state index is 12.2. The highest BCUT2D eigenvalue weighted by Crippen LogP contribution is 2.24. The van der Waals surface area contributed by atoms with Crippen LogP contribution < -0.4 is 10.5 Å². The number of rotatable bonds is 6. The van der Waals surface area contributed by atoms with Crippen LogP contribution >= 0.6 is 0 Å². The third kappa shape index (κ3) is 4.98. The summed E-state index contributed by atoms with van der Waals surface area (Å²) in [5.74, 6) is -1.31. The summed E-state index contributed by atoms with van der Waals surface area (Å²) in [6.45, 7) is 0. The molecule has 0 bridgehead atoms. The van der Waals surface area contributed by atoms with Crippen molar-refractivity contribution < 1.29 is 27.5 Å². The molecule has 0 radical (unpaired) electrons. The van der Waals surface area contributed by atoms with Gasteiger partial charge in [-0.25, -0.2) is 18.4 Å². The van der Waals surface area contributed by atoms with E-state index in [9.17, 15) is 23.1 Å². The molecule has 1 amide bonds. The van der Waals surface area contributed by atoms with Gasteiger partial charge in [-0.2, -0.15) is 0 Å². The van der Waals surface area contributed by atoms with Gasteiger partial charge in [0.1, 0.15) is 17.2 Å². The number of nitrogens with two attached hydrogens (primary N) is 1. The number of sulfonamides is 1. The highest BCUT2D eigenvalue weighted by molar-refractivity contribution is 7.89. The van der Waals surface area contributed by atoms with Gasteiger partial charge in [-0.15, -0.1) is 0 Å². The van der Waals surface area contributed by atoms with E-state index in [1.165, 1.54) is 36.4 Å². The molecule has 29 heavy (non-hydrogen) atoms. The van der Waals surface area contributed by atoms with Crippen molar-refractivity contribution in [3.63, 3.8) is 0 Å². The van der Waals surface area contributed by atoms with Crippen LogP contribution in [-0.4, -0.2) is 25.4 Å². The second-order valence-electron chi connectivity index (χ2n) is 5.95. The lowest BCUT2D eigenvalue weighted by atomic mass is 10.2. The van der Waals surface area contributed by atoms with E-state index in [0.29, 0.717) is 16.9 Å². The molecule has 3 aromatic rings. The molecule has 0 saturated carbocycles. The standard InChI is InChI=1S/C20H16N2O6S/c21-29(26,27)16-9-6-13(7-10-16)18-11-8-15(28-18)12-17(20(24)25)22-19(23)14-4-2-1-3-5-14/h1-12H,(H,22,23)(H,24,25)(H2,21,26,27)/b17-12-. The fourth-order valence-electron chi connectivity index (χ4n) is 2.47. The van der Waals surface area contributed by atoms with Gasteiger partial charge < -0.3 is 14.8 Å². The number of carboxylic acids is 1. The fourth-order valence-corrected chi connectivity index (χ4v) is 2.99. The number of amides is 1. The van der Waals surface area contributed by atoms with E-state index in [-0.39, 0.29) is 16.4 Å². The quantitative estimate of drug-likeness (QED) is 0.531. The molecular formula is C20H16N2O6S. The van der Waals surface area contributed by atoms with Crippen molar-refractivity contribution in [1.82, 2.24) is 5.32 Å². The first-order chi connectivity index (χ1) is 13.7. The van der Waals surface area contributed by atoms with Gasteiger partial charge in [-0.05, 0) is 48.5 Å². The third-order valence-corrected chi connectivity index (χ3v) is 4.82. The lowest BCUT2D eigenvalue weighted by molar-refractivity contribution is -0.132. The van der Waals surface area contributed by atoms with Gasteiger partial charge in [0, 0.05) is 17.2 Å². The maximum atomic E-state index is 12.2. The first-order valence-electron chi connectivity index (χ1n) is 8.28. The zero-order chi connectivity index (χ0) is 21.0. The minimum atomic E-state index is -3.80. The Hall–Kier alpha value is -3.69.